The van der Waals surface area contributed by atoms with Crippen molar-refractivity contribution in [2.75, 3.05) is 0 Å². The van der Waals surface area contributed by atoms with E-state index in [2.05, 4.69) is 18.3 Å². The highest BCUT2D eigenvalue weighted by atomic mass is 16.1. The summed E-state index contributed by atoms with van der Waals surface area (Å²) < 4.78 is 1.42. The van der Waals surface area contributed by atoms with E-state index in [9.17, 15) is 4.79 Å². The Morgan fingerprint density at radius 2 is 2.31 bits per heavy atom. The van der Waals surface area contributed by atoms with Crippen LogP contribution in [-0.4, -0.2) is 9.78 Å². The van der Waals surface area contributed by atoms with Gasteiger partial charge >= 0.3 is 0 Å². The quantitative estimate of drug-likeness (QED) is 0.699. The summed E-state index contributed by atoms with van der Waals surface area (Å²) in [6.45, 7) is 8.99. The van der Waals surface area contributed by atoms with Gasteiger partial charge in [0.15, 0.2) is 0 Å². The number of H-pyrrole nitrogens is 1. The molecule has 0 saturated heterocycles. The molecular weight excluding hydrogens is 164 g/mol. The van der Waals surface area contributed by atoms with Crippen LogP contribution in [0.4, 0.5) is 0 Å². The Balaban J connectivity index is 3.27. The summed E-state index contributed by atoms with van der Waals surface area (Å²) in [5.41, 5.74) is 1.42. The minimum atomic E-state index is -0.0921. The molecule has 0 fully saturated rings. The van der Waals surface area contributed by atoms with E-state index in [0.29, 0.717) is 5.70 Å². The van der Waals surface area contributed by atoms with Crippen molar-refractivity contribution in [3.63, 3.8) is 0 Å². The van der Waals surface area contributed by atoms with Crippen LogP contribution < -0.4 is 5.56 Å². The van der Waals surface area contributed by atoms with E-state index in [1.165, 1.54) is 10.7 Å². The molecule has 0 aliphatic rings. The molecule has 1 rings (SSSR count). The van der Waals surface area contributed by atoms with Crippen molar-refractivity contribution in [3.05, 3.63) is 53.5 Å². The molecule has 1 heterocycles. The number of hydrogen-bond acceptors (Lipinski definition) is 1. The average molecular weight is 176 g/mol. The van der Waals surface area contributed by atoms with Crippen molar-refractivity contribution in [3.8, 4) is 0 Å². The SMILES string of the molecule is C=C/C=C(\C=C)n1[nH]c(C)cc1=O. The van der Waals surface area contributed by atoms with Gasteiger partial charge in [0.25, 0.3) is 5.56 Å². The predicted molar refractivity (Wildman–Crippen MR) is 54.5 cm³/mol. The predicted octanol–water partition coefficient (Wildman–Crippen LogP) is 1.70. The van der Waals surface area contributed by atoms with Crippen LogP contribution >= 0.6 is 0 Å². The molecule has 0 saturated carbocycles. The normalized spacial score (nSPS) is 11.3. The molecule has 0 amide bonds. The van der Waals surface area contributed by atoms with Crippen LogP contribution in [0.2, 0.25) is 0 Å². The standard InChI is InChI=1S/C10H12N2O/c1-4-6-9(5-2)12-10(13)7-8(3)11-12/h4-7,11H,1-2H2,3H3/b9-6+. The van der Waals surface area contributed by atoms with Gasteiger partial charge in [0.05, 0.1) is 5.70 Å². The second-order valence-electron chi connectivity index (χ2n) is 2.64. The number of hydrogen-bond donors (Lipinski definition) is 1. The molecule has 0 aromatic carbocycles. The fourth-order valence-electron chi connectivity index (χ4n) is 1.06. The molecule has 68 valence electrons. The van der Waals surface area contributed by atoms with Gasteiger partial charge in [0.1, 0.15) is 0 Å². The molecule has 1 N–H and O–H groups in total. The molecule has 0 bridgehead atoms. The maximum Gasteiger partial charge on any atom is 0.271 e. The van der Waals surface area contributed by atoms with Crippen LogP contribution in [0, 0.1) is 6.92 Å². The lowest BCUT2D eigenvalue weighted by atomic mass is 10.4. The lowest BCUT2D eigenvalue weighted by Gasteiger charge is -1.99. The topological polar surface area (TPSA) is 37.8 Å². The maximum absolute atomic E-state index is 11.3. The fraction of sp³-hybridized carbons (Fsp3) is 0.100. The van der Waals surface area contributed by atoms with E-state index in [1.807, 2.05) is 6.92 Å². The molecule has 1 aromatic rings. The van der Waals surface area contributed by atoms with Gasteiger partial charge in [-0.2, -0.15) is 0 Å². The summed E-state index contributed by atoms with van der Waals surface area (Å²) in [4.78, 5) is 11.3. The van der Waals surface area contributed by atoms with Crippen LogP contribution in [0.15, 0.2) is 42.2 Å². The highest BCUT2D eigenvalue weighted by Gasteiger charge is 2.00. The number of rotatable bonds is 3. The second-order valence-corrected chi connectivity index (χ2v) is 2.64. The van der Waals surface area contributed by atoms with E-state index in [4.69, 9.17) is 0 Å². The van der Waals surface area contributed by atoms with Gasteiger partial charge in [-0.05, 0) is 19.1 Å². The van der Waals surface area contributed by atoms with Crippen LogP contribution in [-0.2, 0) is 0 Å². The van der Waals surface area contributed by atoms with Gasteiger partial charge in [-0.1, -0.05) is 19.2 Å². The van der Waals surface area contributed by atoms with Crippen molar-refractivity contribution < 1.29 is 0 Å². The van der Waals surface area contributed by atoms with E-state index in [-0.39, 0.29) is 5.56 Å². The summed E-state index contributed by atoms with van der Waals surface area (Å²) in [7, 11) is 0. The number of nitrogens with zero attached hydrogens (tertiary/aromatic N) is 1. The molecule has 1 aromatic heterocycles. The molecular formula is C10H12N2O. The van der Waals surface area contributed by atoms with E-state index < -0.39 is 0 Å². The van der Waals surface area contributed by atoms with Gasteiger partial charge in [0, 0.05) is 11.8 Å². The molecule has 0 radical (unpaired) electrons. The molecule has 0 spiro atoms. The molecule has 0 unspecified atom stereocenters. The Morgan fingerprint density at radius 3 is 2.69 bits per heavy atom. The zero-order chi connectivity index (χ0) is 9.84. The van der Waals surface area contributed by atoms with Crippen molar-refractivity contribution >= 4 is 5.70 Å². The van der Waals surface area contributed by atoms with Crippen molar-refractivity contribution in [2.24, 2.45) is 0 Å². The summed E-state index contributed by atoms with van der Waals surface area (Å²) in [5, 5.41) is 2.90. The third-order valence-corrected chi connectivity index (χ3v) is 1.60. The highest BCUT2D eigenvalue weighted by Crippen LogP contribution is 2.01. The monoisotopic (exact) mass is 176 g/mol. The average Bonchev–Trinajstić information content (AvgIpc) is 2.41. The number of aromatic nitrogens is 2. The van der Waals surface area contributed by atoms with Gasteiger partial charge in [-0.15, -0.1) is 0 Å². The van der Waals surface area contributed by atoms with Crippen molar-refractivity contribution in [2.45, 2.75) is 6.92 Å². The Kier molecular flexibility index (Phi) is 2.69. The summed E-state index contributed by atoms with van der Waals surface area (Å²) >= 11 is 0. The van der Waals surface area contributed by atoms with Crippen molar-refractivity contribution in [1.82, 2.24) is 9.78 Å². The van der Waals surface area contributed by atoms with Gasteiger partial charge < -0.3 is 0 Å². The van der Waals surface area contributed by atoms with Crippen LogP contribution in [0.3, 0.4) is 0 Å². The Labute approximate surface area is 76.7 Å². The third kappa shape index (κ3) is 1.87. The molecule has 0 aliphatic carbocycles. The number of allylic oxidation sites excluding steroid dienone is 4. The molecule has 0 atom stereocenters. The summed E-state index contributed by atoms with van der Waals surface area (Å²) in [6, 6.07) is 1.53. The van der Waals surface area contributed by atoms with E-state index >= 15 is 0 Å². The number of aryl methyl sites for hydroxylation is 1. The van der Waals surface area contributed by atoms with Crippen molar-refractivity contribution in [1.29, 1.82) is 0 Å². The first kappa shape index (κ1) is 9.32. The maximum atomic E-state index is 11.3. The lowest BCUT2D eigenvalue weighted by molar-refractivity contribution is 0.862. The zero-order valence-corrected chi connectivity index (χ0v) is 7.58. The van der Waals surface area contributed by atoms with E-state index in [1.54, 1.807) is 18.2 Å². The molecule has 0 aliphatic heterocycles. The first-order chi connectivity index (χ1) is 6.19. The lowest BCUT2D eigenvalue weighted by Crippen LogP contribution is -2.13. The highest BCUT2D eigenvalue weighted by molar-refractivity contribution is 5.56. The minimum absolute atomic E-state index is 0.0921. The number of aromatic amines is 1. The summed E-state index contributed by atoms with van der Waals surface area (Å²) in [5.74, 6) is 0. The van der Waals surface area contributed by atoms with Crippen LogP contribution in [0.5, 0.6) is 0 Å². The van der Waals surface area contributed by atoms with Gasteiger partial charge in [0.2, 0.25) is 0 Å². The minimum Gasteiger partial charge on any atom is -0.295 e. The van der Waals surface area contributed by atoms with Gasteiger partial charge in [-0.25, -0.2) is 4.68 Å². The number of nitrogens with one attached hydrogen (secondary N) is 1. The van der Waals surface area contributed by atoms with Crippen LogP contribution in [0.25, 0.3) is 5.70 Å². The Morgan fingerprint density at radius 1 is 1.62 bits per heavy atom. The first-order valence-electron chi connectivity index (χ1n) is 3.93. The smallest absolute Gasteiger partial charge is 0.271 e. The third-order valence-electron chi connectivity index (χ3n) is 1.60. The zero-order valence-electron chi connectivity index (χ0n) is 7.58. The van der Waals surface area contributed by atoms with E-state index in [0.717, 1.165) is 5.69 Å². The second kappa shape index (κ2) is 3.76. The fourth-order valence-corrected chi connectivity index (χ4v) is 1.06. The Bertz CT molecular complexity index is 407. The van der Waals surface area contributed by atoms with Gasteiger partial charge in [-0.3, -0.25) is 9.89 Å². The molecule has 3 heteroatoms. The summed E-state index contributed by atoms with van der Waals surface area (Å²) in [6.07, 6.45) is 4.92. The van der Waals surface area contributed by atoms with Crippen LogP contribution in [0.1, 0.15) is 5.69 Å². The molecule has 13 heavy (non-hydrogen) atoms. The largest absolute Gasteiger partial charge is 0.295 e. The molecule has 3 nitrogen and oxygen atoms in total. The Hall–Kier alpha value is -1.77. The first-order valence-corrected chi connectivity index (χ1v) is 3.93.